The summed E-state index contributed by atoms with van der Waals surface area (Å²) in [4.78, 5) is 22.1. The highest BCUT2D eigenvalue weighted by Crippen LogP contribution is 2.29. The van der Waals surface area contributed by atoms with E-state index in [-0.39, 0.29) is 5.91 Å². The molecular formula is C25H30N4O. The number of likely N-dealkylation sites (N-methyl/N-ethyl adjacent to an activating group) is 1. The number of carbonyl (C=O) groups is 1. The summed E-state index contributed by atoms with van der Waals surface area (Å²) >= 11 is 0. The van der Waals surface area contributed by atoms with Crippen LogP contribution in [0, 0.1) is 6.92 Å². The van der Waals surface area contributed by atoms with Crippen molar-refractivity contribution in [3.63, 3.8) is 0 Å². The number of imidazole rings is 1. The number of aromatic nitrogens is 2. The molecule has 1 saturated heterocycles. The van der Waals surface area contributed by atoms with Crippen molar-refractivity contribution in [3.05, 3.63) is 65.5 Å². The lowest BCUT2D eigenvalue weighted by molar-refractivity contribution is 0.0720. The number of aryl methyl sites for hydroxylation is 1. The van der Waals surface area contributed by atoms with Crippen molar-refractivity contribution in [1.82, 2.24) is 19.4 Å². The maximum absolute atomic E-state index is 13.0. The van der Waals surface area contributed by atoms with Gasteiger partial charge in [0.1, 0.15) is 0 Å². The van der Waals surface area contributed by atoms with Gasteiger partial charge in [0.15, 0.2) is 0 Å². The van der Waals surface area contributed by atoms with Gasteiger partial charge in [0.05, 0.1) is 17.4 Å². The molecule has 1 aromatic heterocycles. The molecule has 2 heterocycles. The number of rotatable bonds is 5. The summed E-state index contributed by atoms with van der Waals surface area (Å²) in [7, 11) is 1.96. The second kappa shape index (κ2) is 7.88. The molecule has 5 rings (SSSR count). The lowest BCUT2D eigenvalue weighted by atomic mass is 9.92. The Morgan fingerprint density at radius 1 is 1.13 bits per heavy atom. The predicted octanol–water partition coefficient (Wildman–Crippen LogP) is 4.09. The van der Waals surface area contributed by atoms with Crippen LogP contribution in [0.15, 0.2) is 48.8 Å². The first-order valence-corrected chi connectivity index (χ1v) is 11.1. The van der Waals surface area contributed by atoms with Crippen LogP contribution < -0.4 is 0 Å². The van der Waals surface area contributed by atoms with Gasteiger partial charge in [0.25, 0.3) is 5.91 Å². The van der Waals surface area contributed by atoms with Crippen molar-refractivity contribution in [1.29, 1.82) is 0 Å². The van der Waals surface area contributed by atoms with E-state index in [2.05, 4.69) is 51.7 Å². The summed E-state index contributed by atoms with van der Waals surface area (Å²) in [6.07, 6.45) is 7.01. The maximum Gasteiger partial charge on any atom is 0.253 e. The third-order valence-corrected chi connectivity index (χ3v) is 6.98. The molecule has 2 aromatic carbocycles. The number of hydrogen-bond donors (Lipinski definition) is 0. The Morgan fingerprint density at radius 3 is 2.67 bits per heavy atom. The van der Waals surface area contributed by atoms with Crippen molar-refractivity contribution in [2.75, 3.05) is 20.1 Å². The van der Waals surface area contributed by atoms with Crippen molar-refractivity contribution in [3.8, 4) is 0 Å². The molecular weight excluding hydrogens is 372 g/mol. The van der Waals surface area contributed by atoms with Gasteiger partial charge in [-0.05, 0) is 61.6 Å². The van der Waals surface area contributed by atoms with Gasteiger partial charge >= 0.3 is 0 Å². The van der Waals surface area contributed by atoms with Gasteiger partial charge in [-0.15, -0.1) is 0 Å². The number of amides is 1. The third-order valence-electron chi connectivity index (χ3n) is 6.98. The summed E-state index contributed by atoms with van der Waals surface area (Å²) in [5, 5.41) is 0. The predicted molar refractivity (Wildman–Crippen MR) is 120 cm³/mol. The van der Waals surface area contributed by atoms with Crippen LogP contribution in [0.4, 0.5) is 0 Å². The minimum Gasteiger partial charge on any atom is -0.337 e. The quantitative estimate of drug-likeness (QED) is 0.645. The second-order valence-corrected chi connectivity index (χ2v) is 9.00. The molecule has 1 saturated carbocycles. The van der Waals surface area contributed by atoms with E-state index in [0.29, 0.717) is 6.04 Å². The van der Waals surface area contributed by atoms with Crippen molar-refractivity contribution >= 4 is 16.9 Å². The van der Waals surface area contributed by atoms with Crippen molar-refractivity contribution in [2.45, 2.75) is 51.2 Å². The van der Waals surface area contributed by atoms with E-state index in [0.717, 1.165) is 48.7 Å². The van der Waals surface area contributed by atoms with E-state index in [1.807, 2.05) is 30.4 Å². The number of hydrogen-bond acceptors (Lipinski definition) is 3. The van der Waals surface area contributed by atoms with Gasteiger partial charge in [0.2, 0.25) is 0 Å². The molecule has 1 atom stereocenters. The van der Waals surface area contributed by atoms with Crippen molar-refractivity contribution < 1.29 is 4.79 Å². The summed E-state index contributed by atoms with van der Waals surface area (Å²) < 4.78 is 2.17. The fourth-order valence-corrected chi connectivity index (χ4v) is 4.78. The molecule has 0 spiro atoms. The van der Waals surface area contributed by atoms with Gasteiger partial charge < -0.3 is 9.47 Å². The minimum absolute atomic E-state index is 0.130. The lowest BCUT2D eigenvalue weighted by Crippen LogP contribution is -2.43. The van der Waals surface area contributed by atoms with Gasteiger partial charge in [-0.25, -0.2) is 4.98 Å². The zero-order valence-electron chi connectivity index (χ0n) is 17.9. The average Bonchev–Trinajstić information content (AvgIpc) is 3.34. The lowest BCUT2D eigenvalue weighted by Gasteiger charge is -2.35. The third kappa shape index (κ3) is 3.63. The summed E-state index contributed by atoms with van der Waals surface area (Å²) in [5.74, 6) is 0.130. The van der Waals surface area contributed by atoms with Crippen LogP contribution in [-0.2, 0) is 6.54 Å². The van der Waals surface area contributed by atoms with Crippen LogP contribution in [0.2, 0.25) is 0 Å². The monoisotopic (exact) mass is 402 g/mol. The molecule has 3 aromatic rings. The molecule has 1 unspecified atom stereocenters. The molecule has 1 amide bonds. The van der Waals surface area contributed by atoms with E-state index < -0.39 is 0 Å². The Balaban J connectivity index is 1.25. The number of carbonyl (C=O) groups excluding carboxylic acids is 1. The molecule has 1 aliphatic carbocycles. The normalized spacial score (nSPS) is 19.9. The Kier molecular flexibility index (Phi) is 5.07. The Hall–Kier alpha value is -2.66. The van der Waals surface area contributed by atoms with Crippen LogP contribution in [0.1, 0.15) is 47.2 Å². The van der Waals surface area contributed by atoms with Gasteiger partial charge in [-0.3, -0.25) is 9.69 Å². The minimum atomic E-state index is 0.130. The first-order chi connectivity index (χ1) is 14.6. The largest absolute Gasteiger partial charge is 0.337 e. The molecule has 2 aliphatic rings. The zero-order valence-corrected chi connectivity index (χ0v) is 17.9. The molecule has 5 heteroatoms. The van der Waals surface area contributed by atoms with Crippen LogP contribution in [-0.4, -0.2) is 57.5 Å². The van der Waals surface area contributed by atoms with Gasteiger partial charge in [0, 0.05) is 44.3 Å². The number of likely N-dealkylation sites (tertiary alicyclic amines) is 1. The topological polar surface area (TPSA) is 41.4 Å². The van der Waals surface area contributed by atoms with E-state index in [9.17, 15) is 4.79 Å². The van der Waals surface area contributed by atoms with Crippen LogP contribution in [0.3, 0.4) is 0 Å². The number of nitrogens with zero attached hydrogens (tertiary/aromatic N) is 4. The average molecular weight is 403 g/mol. The number of fused-ring (bicyclic) bond motifs is 1. The van der Waals surface area contributed by atoms with Crippen molar-refractivity contribution in [2.24, 2.45) is 0 Å². The van der Waals surface area contributed by atoms with Crippen LogP contribution in [0.25, 0.3) is 11.0 Å². The summed E-state index contributed by atoms with van der Waals surface area (Å²) in [6.45, 7) is 5.01. The highest BCUT2D eigenvalue weighted by atomic mass is 16.2. The smallest absolute Gasteiger partial charge is 0.253 e. The zero-order chi connectivity index (χ0) is 20.7. The van der Waals surface area contributed by atoms with Gasteiger partial charge in [-0.2, -0.15) is 0 Å². The molecule has 0 radical (unpaired) electrons. The first-order valence-electron chi connectivity index (χ1n) is 11.1. The Labute approximate surface area is 178 Å². The fourth-order valence-electron chi connectivity index (χ4n) is 4.78. The van der Waals surface area contributed by atoms with E-state index in [1.165, 1.54) is 30.4 Å². The van der Waals surface area contributed by atoms with Crippen LogP contribution in [0.5, 0.6) is 0 Å². The molecule has 1 aliphatic heterocycles. The summed E-state index contributed by atoms with van der Waals surface area (Å²) in [5.41, 5.74) is 5.34. The molecule has 30 heavy (non-hydrogen) atoms. The highest BCUT2D eigenvalue weighted by molar-refractivity contribution is 5.94. The first kappa shape index (κ1) is 19.3. The highest BCUT2D eigenvalue weighted by Gasteiger charge is 2.34. The molecule has 5 nitrogen and oxygen atoms in total. The van der Waals surface area contributed by atoms with Gasteiger partial charge in [-0.1, -0.05) is 24.6 Å². The molecule has 0 bridgehead atoms. The molecule has 0 N–H and O–H groups in total. The Morgan fingerprint density at radius 2 is 1.93 bits per heavy atom. The number of benzene rings is 2. The second-order valence-electron chi connectivity index (χ2n) is 9.00. The van der Waals surface area contributed by atoms with Crippen LogP contribution >= 0.6 is 0 Å². The SMILES string of the molecule is Cc1ccc2ncn(Cc3ccc(C(=O)N(C)C4CCN(C5CCC5)C4)cc3)c2c1. The van der Waals surface area contributed by atoms with E-state index in [1.54, 1.807) is 0 Å². The maximum atomic E-state index is 13.0. The standard InChI is InChI=1S/C25H30N4O/c1-18-6-11-23-24(14-18)29(17-26-23)15-19-7-9-20(10-8-19)25(30)27(2)22-12-13-28(16-22)21-4-3-5-21/h6-11,14,17,21-22H,3-5,12-13,15-16H2,1-2H3. The Bertz CT molecular complexity index is 1050. The fraction of sp³-hybridized carbons (Fsp3) is 0.440. The van der Waals surface area contributed by atoms with E-state index >= 15 is 0 Å². The van der Waals surface area contributed by atoms with E-state index in [4.69, 9.17) is 0 Å². The summed E-state index contributed by atoms with van der Waals surface area (Å²) in [6, 6.07) is 15.5. The molecule has 156 valence electrons. The molecule has 2 fully saturated rings.